The van der Waals surface area contributed by atoms with Gasteiger partial charge in [-0.1, -0.05) is 6.07 Å². The van der Waals surface area contributed by atoms with Gasteiger partial charge in [0, 0.05) is 30.2 Å². The summed E-state index contributed by atoms with van der Waals surface area (Å²) in [5.41, 5.74) is 5.43. The minimum absolute atomic E-state index is 0.879. The van der Waals surface area contributed by atoms with Crippen LogP contribution in [-0.4, -0.2) is 22.2 Å². The number of pyridine rings is 2. The lowest BCUT2D eigenvalue weighted by Crippen LogP contribution is -2.12. The molecule has 17 heavy (non-hydrogen) atoms. The van der Waals surface area contributed by atoms with Crippen molar-refractivity contribution in [3.63, 3.8) is 0 Å². The maximum Gasteiger partial charge on any atom is 0.0979 e. The zero-order valence-corrected chi connectivity index (χ0v) is 9.72. The summed E-state index contributed by atoms with van der Waals surface area (Å²) >= 11 is 0. The van der Waals surface area contributed by atoms with Crippen LogP contribution in [0.1, 0.15) is 18.1 Å². The van der Waals surface area contributed by atoms with Gasteiger partial charge < -0.3 is 0 Å². The third kappa shape index (κ3) is 1.73. The lowest BCUT2D eigenvalue weighted by Gasteiger charge is -2.16. The highest BCUT2D eigenvalue weighted by Gasteiger charge is 2.17. The average Bonchev–Trinajstić information content (AvgIpc) is 2.39. The molecule has 1 aliphatic heterocycles. The lowest BCUT2D eigenvalue weighted by molar-refractivity contribution is 0.935. The summed E-state index contributed by atoms with van der Waals surface area (Å²) in [6.45, 7) is 2.93. The summed E-state index contributed by atoms with van der Waals surface area (Å²) in [5.74, 6) is 0. The van der Waals surface area contributed by atoms with Gasteiger partial charge in [0.25, 0.3) is 0 Å². The van der Waals surface area contributed by atoms with E-state index in [1.165, 1.54) is 5.56 Å². The predicted octanol–water partition coefficient (Wildman–Crippen LogP) is 2.51. The number of nitrogens with zero attached hydrogens (tertiary/aromatic N) is 3. The van der Waals surface area contributed by atoms with Crippen LogP contribution in [-0.2, 0) is 6.42 Å². The number of aromatic nitrogens is 2. The van der Waals surface area contributed by atoms with Crippen molar-refractivity contribution in [2.24, 2.45) is 4.99 Å². The van der Waals surface area contributed by atoms with Crippen LogP contribution in [0.4, 0.5) is 0 Å². The molecule has 2 aromatic rings. The fourth-order valence-corrected chi connectivity index (χ4v) is 2.23. The Labute approximate surface area is 100 Å². The van der Waals surface area contributed by atoms with Gasteiger partial charge in [-0.3, -0.25) is 15.0 Å². The summed E-state index contributed by atoms with van der Waals surface area (Å²) in [7, 11) is 0. The Balaban J connectivity index is 2.23. The minimum atomic E-state index is 0.879. The maximum absolute atomic E-state index is 4.51. The molecule has 3 heteroatoms. The van der Waals surface area contributed by atoms with Gasteiger partial charge in [-0.15, -0.1) is 0 Å². The Morgan fingerprint density at radius 1 is 1.06 bits per heavy atom. The third-order valence-corrected chi connectivity index (χ3v) is 3.04. The molecule has 0 amide bonds. The van der Waals surface area contributed by atoms with E-state index in [1.807, 2.05) is 31.3 Å². The van der Waals surface area contributed by atoms with Crippen LogP contribution in [0.25, 0.3) is 11.4 Å². The summed E-state index contributed by atoms with van der Waals surface area (Å²) in [5, 5.41) is 0. The molecule has 84 valence electrons. The van der Waals surface area contributed by atoms with Crippen LogP contribution < -0.4 is 0 Å². The van der Waals surface area contributed by atoms with E-state index in [2.05, 4.69) is 21.0 Å². The monoisotopic (exact) mass is 223 g/mol. The number of rotatable bonds is 1. The van der Waals surface area contributed by atoms with Crippen LogP contribution in [0.15, 0.2) is 41.7 Å². The standard InChI is InChI=1S/C14H13N3/c1-10-13-11(5-8-15-10)6-9-17-14(13)12-4-2-3-7-16-12/h2-4,6-7,9H,5,8H2,1H3. The summed E-state index contributed by atoms with van der Waals surface area (Å²) < 4.78 is 0. The van der Waals surface area contributed by atoms with E-state index in [1.54, 1.807) is 6.20 Å². The molecule has 0 saturated heterocycles. The average molecular weight is 223 g/mol. The van der Waals surface area contributed by atoms with Crippen molar-refractivity contribution in [3.8, 4) is 11.4 Å². The molecule has 1 aliphatic rings. The van der Waals surface area contributed by atoms with E-state index in [9.17, 15) is 0 Å². The zero-order valence-electron chi connectivity index (χ0n) is 9.72. The van der Waals surface area contributed by atoms with Crippen molar-refractivity contribution < 1.29 is 0 Å². The smallest absolute Gasteiger partial charge is 0.0979 e. The molecule has 3 rings (SSSR count). The van der Waals surface area contributed by atoms with Gasteiger partial charge in [0.05, 0.1) is 11.4 Å². The first-order chi connectivity index (χ1) is 8.36. The van der Waals surface area contributed by atoms with E-state index in [0.717, 1.165) is 35.6 Å². The van der Waals surface area contributed by atoms with E-state index < -0.39 is 0 Å². The molecule has 2 aromatic heterocycles. The van der Waals surface area contributed by atoms with Crippen LogP contribution in [0.3, 0.4) is 0 Å². The van der Waals surface area contributed by atoms with Gasteiger partial charge in [0.15, 0.2) is 0 Å². The summed E-state index contributed by atoms with van der Waals surface area (Å²) in [6.07, 6.45) is 4.65. The molecule has 0 atom stereocenters. The van der Waals surface area contributed by atoms with Crippen molar-refractivity contribution >= 4 is 5.71 Å². The SMILES string of the molecule is CC1=NCCc2ccnc(-c3ccccn3)c21. The van der Waals surface area contributed by atoms with Crippen LogP contribution in [0.2, 0.25) is 0 Å². The number of aliphatic imine (C=N–C) groups is 1. The molecule has 0 fully saturated rings. The van der Waals surface area contributed by atoms with E-state index in [4.69, 9.17) is 0 Å². The first-order valence-corrected chi connectivity index (χ1v) is 5.77. The predicted molar refractivity (Wildman–Crippen MR) is 68.3 cm³/mol. The molecule has 0 saturated carbocycles. The Kier molecular flexibility index (Phi) is 2.44. The van der Waals surface area contributed by atoms with E-state index in [-0.39, 0.29) is 0 Å². The van der Waals surface area contributed by atoms with Crippen molar-refractivity contribution in [3.05, 3.63) is 47.8 Å². The zero-order chi connectivity index (χ0) is 11.7. The molecule has 0 spiro atoms. The van der Waals surface area contributed by atoms with Gasteiger partial charge in [-0.25, -0.2) is 0 Å². The molecule has 0 aromatic carbocycles. The second kappa shape index (κ2) is 4.09. The summed E-state index contributed by atoms with van der Waals surface area (Å²) in [4.78, 5) is 13.3. The fraction of sp³-hybridized carbons (Fsp3) is 0.214. The number of hydrogen-bond acceptors (Lipinski definition) is 3. The van der Waals surface area contributed by atoms with Gasteiger partial charge in [-0.05, 0) is 37.1 Å². The minimum Gasteiger partial charge on any atom is -0.289 e. The molecular weight excluding hydrogens is 210 g/mol. The Bertz CT molecular complexity index is 573. The molecule has 0 N–H and O–H groups in total. The molecule has 0 bridgehead atoms. The normalized spacial score (nSPS) is 14.1. The second-order valence-corrected chi connectivity index (χ2v) is 4.13. The van der Waals surface area contributed by atoms with Gasteiger partial charge in [0.1, 0.15) is 0 Å². The lowest BCUT2D eigenvalue weighted by atomic mass is 9.96. The maximum atomic E-state index is 4.51. The van der Waals surface area contributed by atoms with Gasteiger partial charge >= 0.3 is 0 Å². The first kappa shape index (κ1) is 10.1. The quantitative estimate of drug-likeness (QED) is 0.745. The van der Waals surface area contributed by atoms with Crippen LogP contribution in [0, 0.1) is 0 Å². The van der Waals surface area contributed by atoms with Gasteiger partial charge in [0.2, 0.25) is 0 Å². The molecule has 3 nitrogen and oxygen atoms in total. The highest BCUT2D eigenvalue weighted by atomic mass is 14.8. The van der Waals surface area contributed by atoms with Crippen LogP contribution >= 0.6 is 0 Å². The Morgan fingerprint density at radius 2 is 2.00 bits per heavy atom. The second-order valence-electron chi connectivity index (χ2n) is 4.13. The van der Waals surface area contributed by atoms with Crippen molar-refractivity contribution in [2.45, 2.75) is 13.3 Å². The highest BCUT2D eigenvalue weighted by molar-refractivity contribution is 6.05. The van der Waals surface area contributed by atoms with Gasteiger partial charge in [-0.2, -0.15) is 0 Å². The number of fused-ring (bicyclic) bond motifs is 1. The van der Waals surface area contributed by atoms with E-state index in [0.29, 0.717) is 0 Å². The Hall–Kier alpha value is -2.03. The van der Waals surface area contributed by atoms with Crippen molar-refractivity contribution in [2.75, 3.05) is 6.54 Å². The molecule has 0 aliphatic carbocycles. The van der Waals surface area contributed by atoms with Crippen molar-refractivity contribution in [1.29, 1.82) is 0 Å². The first-order valence-electron chi connectivity index (χ1n) is 5.77. The van der Waals surface area contributed by atoms with E-state index >= 15 is 0 Å². The topological polar surface area (TPSA) is 38.1 Å². The number of hydrogen-bond donors (Lipinski definition) is 0. The molecule has 0 unspecified atom stereocenters. The highest BCUT2D eigenvalue weighted by Crippen LogP contribution is 2.25. The molecule has 3 heterocycles. The summed E-state index contributed by atoms with van der Waals surface area (Å²) in [6, 6.07) is 7.98. The third-order valence-electron chi connectivity index (χ3n) is 3.04. The molecule has 0 radical (unpaired) electrons. The largest absolute Gasteiger partial charge is 0.289 e. The fourth-order valence-electron chi connectivity index (χ4n) is 2.23. The Morgan fingerprint density at radius 3 is 2.82 bits per heavy atom. The molecular formula is C14H13N3. The van der Waals surface area contributed by atoms with Crippen LogP contribution in [0.5, 0.6) is 0 Å². The van der Waals surface area contributed by atoms with Crippen molar-refractivity contribution in [1.82, 2.24) is 9.97 Å².